The van der Waals surface area contributed by atoms with E-state index in [0.717, 1.165) is 37.5 Å². The lowest BCUT2D eigenvalue weighted by atomic mass is 10.1. The van der Waals surface area contributed by atoms with Gasteiger partial charge in [0.25, 0.3) is 0 Å². The maximum absolute atomic E-state index is 5.69. The Bertz CT molecular complexity index is 356. The number of aromatic nitrogens is 1. The summed E-state index contributed by atoms with van der Waals surface area (Å²) >= 11 is 0. The fraction of sp³-hybridized carbons (Fsp3) is 0.667. The Morgan fingerprint density at radius 3 is 2.68 bits per heavy atom. The van der Waals surface area contributed by atoms with Crippen molar-refractivity contribution in [2.45, 2.75) is 46.3 Å². The van der Waals surface area contributed by atoms with Crippen molar-refractivity contribution in [3.63, 3.8) is 0 Å². The Kier molecular flexibility index (Phi) is 7.45. The molecule has 0 spiro atoms. The van der Waals surface area contributed by atoms with Gasteiger partial charge in [0.1, 0.15) is 5.75 Å². The van der Waals surface area contributed by atoms with Gasteiger partial charge in [-0.25, -0.2) is 0 Å². The summed E-state index contributed by atoms with van der Waals surface area (Å²) in [6.07, 6.45) is 4.76. The van der Waals surface area contributed by atoms with E-state index in [1.165, 1.54) is 0 Å². The second-order valence-electron chi connectivity index (χ2n) is 4.72. The second-order valence-corrected chi connectivity index (χ2v) is 4.72. The molecule has 0 aliphatic carbocycles. The third-order valence-corrected chi connectivity index (χ3v) is 2.71. The molecule has 1 rings (SSSR count). The molecule has 0 aromatic carbocycles. The summed E-state index contributed by atoms with van der Waals surface area (Å²) in [7, 11) is 0. The Balaban J connectivity index is 2.71. The molecular formula is C15H26N2O2. The van der Waals surface area contributed by atoms with Crippen LogP contribution in [0.25, 0.3) is 0 Å². The van der Waals surface area contributed by atoms with E-state index in [9.17, 15) is 0 Å². The van der Waals surface area contributed by atoms with Gasteiger partial charge < -0.3 is 14.8 Å². The van der Waals surface area contributed by atoms with Crippen LogP contribution in [0, 0.1) is 0 Å². The molecule has 0 saturated heterocycles. The quantitative estimate of drug-likeness (QED) is 0.698. The van der Waals surface area contributed by atoms with Crippen LogP contribution < -0.4 is 10.1 Å². The minimum atomic E-state index is 0.165. The summed E-state index contributed by atoms with van der Waals surface area (Å²) in [5.41, 5.74) is 1.15. The van der Waals surface area contributed by atoms with E-state index in [2.05, 4.69) is 23.3 Å². The standard InChI is InChI=1S/C15H26N2O2/c1-5-17-15(7-8-18-6-2)13-9-14(11-16-10-13)19-12(3)4/h9-12,15,17H,5-8H2,1-4H3. The number of nitrogens with zero attached hydrogens (tertiary/aromatic N) is 1. The van der Waals surface area contributed by atoms with E-state index in [0.29, 0.717) is 0 Å². The van der Waals surface area contributed by atoms with E-state index in [1.807, 2.05) is 27.0 Å². The van der Waals surface area contributed by atoms with Crippen molar-refractivity contribution in [1.29, 1.82) is 0 Å². The number of nitrogens with one attached hydrogen (secondary N) is 1. The maximum Gasteiger partial charge on any atom is 0.138 e. The van der Waals surface area contributed by atoms with Gasteiger partial charge in [-0.2, -0.15) is 0 Å². The third kappa shape index (κ3) is 6.03. The molecule has 1 aromatic heterocycles. The van der Waals surface area contributed by atoms with Crippen LogP contribution in [0.3, 0.4) is 0 Å². The summed E-state index contributed by atoms with van der Waals surface area (Å²) in [5.74, 6) is 0.826. The Morgan fingerprint density at radius 2 is 2.05 bits per heavy atom. The summed E-state index contributed by atoms with van der Waals surface area (Å²) in [5, 5.41) is 3.46. The zero-order valence-corrected chi connectivity index (χ0v) is 12.5. The van der Waals surface area contributed by atoms with E-state index < -0.39 is 0 Å². The molecule has 0 radical (unpaired) electrons. The van der Waals surface area contributed by atoms with Gasteiger partial charge in [0, 0.05) is 25.5 Å². The van der Waals surface area contributed by atoms with E-state index >= 15 is 0 Å². The predicted molar refractivity (Wildman–Crippen MR) is 77.5 cm³/mol. The summed E-state index contributed by atoms with van der Waals surface area (Å²) in [6.45, 7) is 10.6. The smallest absolute Gasteiger partial charge is 0.138 e. The van der Waals surface area contributed by atoms with Gasteiger partial charge in [0.2, 0.25) is 0 Å². The minimum absolute atomic E-state index is 0.165. The van der Waals surface area contributed by atoms with Crippen LogP contribution in [0.1, 0.15) is 45.7 Å². The normalized spacial score (nSPS) is 12.7. The van der Waals surface area contributed by atoms with Crippen LogP contribution in [-0.2, 0) is 4.74 Å². The van der Waals surface area contributed by atoms with Gasteiger partial charge >= 0.3 is 0 Å². The van der Waals surface area contributed by atoms with Crippen LogP contribution in [-0.4, -0.2) is 30.8 Å². The molecule has 1 aromatic rings. The molecule has 0 aliphatic rings. The number of pyridine rings is 1. The lowest BCUT2D eigenvalue weighted by Gasteiger charge is -2.19. The van der Waals surface area contributed by atoms with Crippen LogP contribution in [0.4, 0.5) is 0 Å². The maximum atomic E-state index is 5.69. The Labute approximate surface area is 116 Å². The highest BCUT2D eigenvalue weighted by atomic mass is 16.5. The van der Waals surface area contributed by atoms with Crippen molar-refractivity contribution in [3.8, 4) is 5.75 Å². The molecule has 108 valence electrons. The first kappa shape index (κ1) is 15.9. The van der Waals surface area contributed by atoms with Gasteiger partial charge in [-0.1, -0.05) is 6.92 Å². The van der Waals surface area contributed by atoms with E-state index in [1.54, 1.807) is 6.20 Å². The van der Waals surface area contributed by atoms with Crippen LogP contribution in [0.15, 0.2) is 18.5 Å². The molecule has 1 heterocycles. The lowest BCUT2D eigenvalue weighted by Crippen LogP contribution is -2.22. The van der Waals surface area contributed by atoms with Crippen molar-refractivity contribution in [3.05, 3.63) is 24.0 Å². The molecule has 0 fully saturated rings. The Hall–Kier alpha value is -1.13. The van der Waals surface area contributed by atoms with Gasteiger partial charge in [0.05, 0.1) is 12.3 Å². The Morgan fingerprint density at radius 1 is 1.26 bits per heavy atom. The first-order chi connectivity index (χ1) is 9.17. The highest BCUT2D eigenvalue weighted by molar-refractivity contribution is 5.26. The lowest BCUT2D eigenvalue weighted by molar-refractivity contribution is 0.136. The summed E-state index contributed by atoms with van der Waals surface area (Å²) < 4.78 is 11.1. The average molecular weight is 266 g/mol. The SMILES string of the molecule is CCNC(CCOCC)c1cncc(OC(C)C)c1. The average Bonchev–Trinajstić information content (AvgIpc) is 2.37. The van der Waals surface area contributed by atoms with Crippen LogP contribution >= 0.6 is 0 Å². The highest BCUT2D eigenvalue weighted by Crippen LogP contribution is 2.21. The van der Waals surface area contributed by atoms with Crippen molar-refractivity contribution in [2.24, 2.45) is 0 Å². The minimum Gasteiger partial charge on any atom is -0.489 e. The topological polar surface area (TPSA) is 43.4 Å². The summed E-state index contributed by atoms with van der Waals surface area (Å²) in [4.78, 5) is 4.26. The first-order valence-electron chi connectivity index (χ1n) is 7.10. The van der Waals surface area contributed by atoms with Crippen LogP contribution in [0.5, 0.6) is 5.75 Å². The molecule has 0 aliphatic heterocycles. The molecule has 0 bridgehead atoms. The molecule has 0 amide bonds. The molecule has 1 N–H and O–H groups in total. The zero-order valence-electron chi connectivity index (χ0n) is 12.5. The van der Waals surface area contributed by atoms with E-state index in [-0.39, 0.29) is 12.1 Å². The number of ether oxygens (including phenoxy) is 2. The monoisotopic (exact) mass is 266 g/mol. The van der Waals surface area contributed by atoms with Crippen molar-refractivity contribution in [2.75, 3.05) is 19.8 Å². The number of hydrogen-bond donors (Lipinski definition) is 1. The zero-order chi connectivity index (χ0) is 14.1. The predicted octanol–water partition coefficient (Wildman–Crippen LogP) is 2.95. The number of rotatable bonds is 9. The fourth-order valence-corrected chi connectivity index (χ4v) is 1.94. The molecule has 19 heavy (non-hydrogen) atoms. The summed E-state index contributed by atoms with van der Waals surface area (Å²) in [6, 6.07) is 2.33. The second kappa shape index (κ2) is 8.88. The molecule has 1 unspecified atom stereocenters. The molecule has 1 atom stereocenters. The fourth-order valence-electron chi connectivity index (χ4n) is 1.94. The van der Waals surface area contributed by atoms with E-state index in [4.69, 9.17) is 9.47 Å². The molecule has 4 nitrogen and oxygen atoms in total. The first-order valence-corrected chi connectivity index (χ1v) is 7.10. The van der Waals surface area contributed by atoms with Gasteiger partial charge in [0.15, 0.2) is 0 Å². The van der Waals surface area contributed by atoms with Crippen molar-refractivity contribution in [1.82, 2.24) is 10.3 Å². The van der Waals surface area contributed by atoms with Crippen molar-refractivity contribution >= 4 is 0 Å². The van der Waals surface area contributed by atoms with Crippen molar-refractivity contribution < 1.29 is 9.47 Å². The molecular weight excluding hydrogens is 240 g/mol. The molecule has 4 heteroatoms. The third-order valence-electron chi connectivity index (χ3n) is 2.71. The van der Waals surface area contributed by atoms with Gasteiger partial charge in [-0.3, -0.25) is 4.98 Å². The largest absolute Gasteiger partial charge is 0.489 e. The van der Waals surface area contributed by atoms with Gasteiger partial charge in [-0.15, -0.1) is 0 Å². The van der Waals surface area contributed by atoms with Crippen LogP contribution in [0.2, 0.25) is 0 Å². The van der Waals surface area contributed by atoms with Gasteiger partial charge in [-0.05, 0) is 45.4 Å². The highest BCUT2D eigenvalue weighted by Gasteiger charge is 2.12. The number of hydrogen-bond acceptors (Lipinski definition) is 4. The molecule has 0 saturated carbocycles.